The number of aryl methyl sites for hydroxylation is 1. The first kappa shape index (κ1) is 17.6. The molecule has 0 radical (unpaired) electrons. The molecule has 2 aromatic rings. The number of halogens is 2. The minimum Gasteiger partial charge on any atom is -0.360 e. The van der Waals surface area contributed by atoms with Crippen LogP contribution in [0.4, 0.5) is 11.5 Å². The van der Waals surface area contributed by atoms with Gasteiger partial charge in [-0.3, -0.25) is 9.10 Å². The Morgan fingerprint density at radius 2 is 2.04 bits per heavy atom. The Morgan fingerprint density at radius 1 is 1.35 bits per heavy atom. The molecule has 0 unspecified atom stereocenters. The monoisotopic (exact) mass is 377 g/mol. The van der Waals surface area contributed by atoms with Crippen molar-refractivity contribution in [3.63, 3.8) is 0 Å². The Morgan fingerprint density at radius 3 is 2.57 bits per heavy atom. The number of nitrogens with one attached hydrogen (secondary N) is 1. The van der Waals surface area contributed by atoms with Gasteiger partial charge in [-0.25, -0.2) is 8.42 Å². The predicted octanol–water partition coefficient (Wildman–Crippen LogP) is 2.69. The summed E-state index contributed by atoms with van der Waals surface area (Å²) in [5, 5.41) is 6.53. The summed E-state index contributed by atoms with van der Waals surface area (Å²) < 4.78 is 29.7. The first-order valence-electron chi connectivity index (χ1n) is 6.33. The van der Waals surface area contributed by atoms with Crippen LogP contribution in [0.15, 0.2) is 28.8 Å². The molecule has 1 N–H and O–H groups in total. The maximum Gasteiger partial charge on any atom is 0.246 e. The molecule has 10 heteroatoms. The van der Waals surface area contributed by atoms with Crippen molar-refractivity contribution >= 4 is 50.6 Å². The third-order valence-electron chi connectivity index (χ3n) is 2.76. The second-order valence-corrected chi connectivity index (χ2v) is 7.49. The van der Waals surface area contributed by atoms with E-state index < -0.39 is 22.5 Å². The Kier molecular flexibility index (Phi) is 5.18. The summed E-state index contributed by atoms with van der Waals surface area (Å²) in [6.07, 6.45) is 0.978. The first-order valence-corrected chi connectivity index (χ1v) is 8.93. The van der Waals surface area contributed by atoms with E-state index in [4.69, 9.17) is 27.7 Å². The van der Waals surface area contributed by atoms with Gasteiger partial charge in [-0.15, -0.1) is 0 Å². The highest BCUT2D eigenvalue weighted by atomic mass is 35.5. The maximum absolute atomic E-state index is 12.1. The van der Waals surface area contributed by atoms with Gasteiger partial charge in [-0.05, 0) is 25.1 Å². The summed E-state index contributed by atoms with van der Waals surface area (Å²) in [4.78, 5) is 12.1. The number of amides is 1. The number of carbonyl (C=O) groups excluding carboxylic acids is 1. The van der Waals surface area contributed by atoms with Gasteiger partial charge in [0.05, 0.1) is 17.0 Å². The van der Waals surface area contributed by atoms with Crippen LogP contribution < -0.4 is 9.62 Å². The highest BCUT2D eigenvalue weighted by molar-refractivity contribution is 7.92. The van der Waals surface area contributed by atoms with Crippen LogP contribution in [0.1, 0.15) is 5.76 Å². The summed E-state index contributed by atoms with van der Waals surface area (Å²) in [5.41, 5.74) is 0.157. The Hall–Kier alpha value is -1.77. The van der Waals surface area contributed by atoms with Crippen molar-refractivity contribution in [1.29, 1.82) is 0 Å². The van der Waals surface area contributed by atoms with Gasteiger partial charge in [0.2, 0.25) is 15.9 Å². The van der Waals surface area contributed by atoms with Gasteiger partial charge in [-0.1, -0.05) is 28.4 Å². The van der Waals surface area contributed by atoms with Crippen LogP contribution in [0.2, 0.25) is 10.0 Å². The molecule has 0 bridgehead atoms. The van der Waals surface area contributed by atoms with Gasteiger partial charge < -0.3 is 9.84 Å². The fourth-order valence-corrected chi connectivity index (χ4v) is 3.23. The van der Waals surface area contributed by atoms with E-state index in [9.17, 15) is 13.2 Å². The van der Waals surface area contributed by atoms with E-state index in [0.717, 1.165) is 10.6 Å². The lowest BCUT2D eigenvalue weighted by Gasteiger charge is -2.22. The lowest BCUT2D eigenvalue weighted by Crippen LogP contribution is -2.37. The summed E-state index contributed by atoms with van der Waals surface area (Å²) in [5.74, 6) is 0.124. The zero-order chi connectivity index (χ0) is 17.2. The average Bonchev–Trinajstić information content (AvgIpc) is 2.81. The molecule has 0 saturated carbocycles. The van der Waals surface area contributed by atoms with Gasteiger partial charge in [-0.2, -0.15) is 0 Å². The smallest absolute Gasteiger partial charge is 0.246 e. The van der Waals surface area contributed by atoms with Crippen molar-refractivity contribution in [2.75, 3.05) is 22.4 Å². The van der Waals surface area contributed by atoms with Crippen LogP contribution >= 0.6 is 23.2 Å². The van der Waals surface area contributed by atoms with Crippen LogP contribution in [0, 0.1) is 6.92 Å². The molecule has 0 atom stereocenters. The highest BCUT2D eigenvalue weighted by Crippen LogP contribution is 2.30. The Labute approximate surface area is 143 Å². The molecule has 2 rings (SSSR count). The van der Waals surface area contributed by atoms with E-state index in [-0.39, 0.29) is 16.5 Å². The fraction of sp³-hybridized carbons (Fsp3) is 0.231. The molecule has 124 valence electrons. The second kappa shape index (κ2) is 6.77. The minimum atomic E-state index is -3.73. The SMILES string of the molecule is Cc1cc(NC(=O)CN(c2ccc(Cl)cc2Cl)S(C)(=O)=O)no1. The van der Waals surface area contributed by atoms with Gasteiger partial charge in [0.1, 0.15) is 12.3 Å². The molecule has 0 aliphatic carbocycles. The van der Waals surface area contributed by atoms with E-state index in [1.54, 1.807) is 6.92 Å². The molecule has 0 fully saturated rings. The van der Waals surface area contributed by atoms with Gasteiger partial charge in [0, 0.05) is 11.1 Å². The number of sulfonamides is 1. The second-order valence-electron chi connectivity index (χ2n) is 4.74. The first-order chi connectivity index (χ1) is 10.7. The quantitative estimate of drug-likeness (QED) is 0.864. The molecule has 1 amide bonds. The van der Waals surface area contributed by atoms with E-state index in [1.165, 1.54) is 24.3 Å². The van der Waals surface area contributed by atoms with Crippen molar-refractivity contribution in [3.8, 4) is 0 Å². The third-order valence-corrected chi connectivity index (χ3v) is 4.43. The molecule has 1 aromatic heterocycles. The number of carbonyl (C=O) groups is 1. The van der Waals surface area contributed by atoms with Crippen molar-refractivity contribution in [1.82, 2.24) is 5.16 Å². The summed E-state index contributed by atoms with van der Waals surface area (Å²) >= 11 is 11.8. The molecule has 1 aromatic carbocycles. The minimum absolute atomic E-state index is 0.119. The lowest BCUT2D eigenvalue weighted by molar-refractivity contribution is -0.114. The van der Waals surface area contributed by atoms with E-state index in [0.29, 0.717) is 10.8 Å². The van der Waals surface area contributed by atoms with Crippen LogP contribution in [0.3, 0.4) is 0 Å². The van der Waals surface area contributed by atoms with Gasteiger partial charge in [0.15, 0.2) is 5.82 Å². The summed E-state index contributed by atoms with van der Waals surface area (Å²) in [6.45, 7) is 1.20. The normalized spacial score (nSPS) is 11.3. The Bertz CT molecular complexity index is 835. The van der Waals surface area contributed by atoms with Gasteiger partial charge >= 0.3 is 0 Å². The van der Waals surface area contributed by atoms with E-state index >= 15 is 0 Å². The molecule has 0 aliphatic rings. The van der Waals surface area contributed by atoms with Crippen LogP contribution in [0.25, 0.3) is 0 Å². The van der Waals surface area contributed by atoms with E-state index in [2.05, 4.69) is 10.5 Å². The van der Waals surface area contributed by atoms with Crippen LogP contribution in [-0.2, 0) is 14.8 Å². The molecule has 7 nitrogen and oxygen atoms in total. The van der Waals surface area contributed by atoms with E-state index in [1.807, 2.05) is 0 Å². The zero-order valence-electron chi connectivity index (χ0n) is 12.2. The van der Waals surface area contributed by atoms with Crippen molar-refractivity contribution in [2.45, 2.75) is 6.92 Å². The number of anilines is 2. The standard InChI is InChI=1S/C13H13Cl2N3O4S/c1-8-5-12(17-22-8)16-13(19)7-18(23(2,20)21)11-4-3-9(14)6-10(11)15/h3-6H,7H2,1-2H3,(H,16,17,19). The number of hydrogen-bond acceptors (Lipinski definition) is 5. The molecule has 23 heavy (non-hydrogen) atoms. The molecule has 1 heterocycles. The molecule has 0 saturated heterocycles. The largest absolute Gasteiger partial charge is 0.360 e. The number of nitrogens with zero attached hydrogens (tertiary/aromatic N) is 2. The summed E-state index contributed by atoms with van der Waals surface area (Å²) in [7, 11) is -3.73. The molecule has 0 spiro atoms. The van der Waals surface area contributed by atoms with Crippen LogP contribution in [-0.4, -0.2) is 32.3 Å². The third kappa shape index (κ3) is 4.60. The molecular weight excluding hydrogens is 365 g/mol. The number of benzene rings is 1. The lowest BCUT2D eigenvalue weighted by atomic mass is 10.3. The fourth-order valence-electron chi connectivity index (χ4n) is 1.80. The number of rotatable bonds is 5. The van der Waals surface area contributed by atoms with Gasteiger partial charge in [0.25, 0.3) is 0 Å². The summed E-state index contributed by atoms with van der Waals surface area (Å²) in [6, 6.07) is 5.83. The van der Waals surface area contributed by atoms with Crippen molar-refractivity contribution in [3.05, 3.63) is 40.1 Å². The molecule has 0 aliphatic heterocycles. The predicted molar refractivity (Wildman–Crippen MR) is 88.5 cm³/mol. The Balaban J connectivity index is 2.24. The van der Waals surface area contributed by atoms with Crippen molar-refractivity contribution in [2.24, 2.45) is 0 Å². The molecular formula is C13H13Cl2N3O4S. The van der Waals surface area contributed by atoms with Crippen molar-refractivity contribution < 1.29 is 17.7 Å². The average molecular weight is 378 g/mol. The topological polar surface area (TPSA) is 92.5 Å². The number of aromatic nitrogens is 1. The van der Waals surface area contributed by atoms with Crippen LogP contribution in [0.5, 0.6) is 0 Å². The highest BCUT2D eigenvalue weighted by Gasteiger charge is 2.23. The zero-order valence-corrected chi connectivity index (χ0v) is 14.5. The number of hydrogen-bond donors (Lipinski definition) is 1. The maximum atomic E-state index is 12.1.